The number of nitro benzene ring substituents is 1. The third-order valence-corrected chi connectivity index (χ3v) is 5.28. The van der Waals surface area contributed by atoms with Gasteiger partial charge in [0.2, 0.25) is 5.75 Å². The molecule has 0 aliphatic rings. The smallest absolute Gasteiger partial charge is 0.315 e. The van der Waals surface area contributed by atoms with Crippen LogP contribution in [-0.4, -0.2) is 34.0 Å². The number of halogens is 1. The number of benzene rings is 2. The van der Waals surface area contributed by atoms with E-state index in [1.807, 2.05) is 13.0 Å². The zero-order valence-electron chi connectivity index (χ0n) is 18.7. The van der Waals surface area contributed by atoms with Crippen molar-refractivity contribution < 1.29 is 14.4 Å². The molecular formula is C23H22BrN5O5. The van der Waals surface area contributed by atoms with Crippen molar-refractivity contribution in [2.75, 3.05) is 13.2 Å². The van der Waals surface area contributed by atoms with Gasteiger partial charge in [-0.15, -0.1) is 0 Å². The molecule has 1 heterocycles. The van der Waals surface area contributed by atoms with E-state index < -0.39 is 4.92 Å². The van der Waals surface area contributed by atoms with Crippen LogP contribution in [0.2, 0.25) is 0 Å². The second kappa shape index (κ2) is 11.4. The van der Waals surface area contributed by atoms with Crippen molar-refractivity contribution in [1.82, 2.24) is 9.66 Å². The summed E-state index contributed by atoms with van der Waals surface area (Å²) in [6, 6.07) is 9.81. The summed E-state index contributed by atoms with van der Waals surface area (Å²) in [6.07, 6.45) is 3.60. The van der Waals surface area contributed by atoms with Gasteiger partial charge in [-0.3, -0.25) is 14.9 Å². The van der Waals surface area contributed by atoms with Crippen LogP contribution in [0.5, 0.6) is 11.5 Å². The van der Waals surface area contributed by atoms with Crippen LogP contribution in [0.15, 0.2) is 44.7 Å². The van der Waals surface area contributed by atoms with Crippen LogP contribution in [0.1, 0.15) is 38.1 Å². The molecule has 3 aromatic rings. The Balaban J connectivity index is 2.14. The van der Waals surface area contributed by atoms with E-state index >= 15 is 0 Å². The predicted octanol–water partition coefficient (Wildman–Crippen LogP) is 4.59. The number of aromatic nitrogens is 2. The monoisotopic (exact) mass is 527 g/mol. The number of nitro groups is 1. The van der Waals surface area contributed by atoms with Crippen molar-refractivity contribution in [2.24, 2.45) is 5.10 Å². The summed E-state index contributed by atoms with van der Waals surface area (Å²) >= 11 is 3.37. The Labute approximate surface area is 203 Å². The number of nitrogens with zero attached hydrogens (tertiary/aromatic N) is 5. The molecule has 0 fully saturated rings. The summed E-state index contributed by atoms with van der Waals surface area (Å²) in [5, 5.41) is 25.2. The zero-order valence-corrected chi connectivity index (χ0v) is 20.2. The van der Waals surface area contributed by atoms with Gasteiger partial charge in [-0.25, -0.2) is 4.98 Å². The van der Waals surface area contributed by atoms with Crippen LogP contribution in [0.4, 0.5) is 5.69 Å². The Kier molecular flexibility index (Phi) is 8.32. The van der Waals surface area contributed by atoms with Crippen molar-refractivity contribution in [3.05, 3.63) is 66.7 Å². The van der Waals surface area contributed by atoms with Crippen molar-refractivity contribution in [1.29, 1.82) is 5.26 Å². The second-order valence-corrected chi connectivity index (χ2v) is 8.07. The molecular weight excluding hydrogens is 506 g/mol. The Morgan fingerprint density at radius 3 is 2.76 bits per heavy atom. The molecule has 0 saturated carbocycles. The Bertz CT molecular complexity index is 1350. The number of unbranched alkanes of at least 4 members (excludes halogenated alkanes) is 1. The van der Waals surface area contributed by atoms with Crippen LogP contribution in [-0.2, 0) is 6.42 Å². The average Bonchev–Trinajstić information content (AvgIpc) is 2.81. The summed E-state index contributed by atoms with van der Waals surface area (Å²) in [6.45, 7) is 3.61. The quantitative estimate of drug-likeness (QED) is 0.214. The molecule has 1 aromatic heterocycles. The highest BCUT2D eigenvalue weighted by molar-refractivity contribution is 9.10. The van der Waals surface area contributed by atoms with Crippen LogP contribution in [0, 0.1) is 21.4 Å². The fourth-order valence-corrected chi connectivity index (χ4v) is 3.63. The molecule has 10 nitrogen and oxygen atoms in total. The van der Waals surface area contributed by atoms with Gasteiger partial charge in [0.15, 0.2) is 12.4 Å². The zero-order chi connectivity index (χ0) is 24.7. The minimum absolute atomic E-state index is 0.104. The van der Waals surface area contributed by atoms with Gasteiger partial charge in [0.1, 0.15) is 11.9 Å². The number of rotatable bonds is 10. The molecule has 0 radical (unpaired) electrons. The number of ether oxygens (including phenoxy) is 2. The van der Waals surface area contributed by atoms with Crippen LogP contribution in [0.3, 0.4) is 0 Å². The molecule has 0 bridgehead atoms. The first-order valence-corrected chi connectivity index (χ1v) is 11.4. The minimum atomic E-state index is -0.624. The van der Waals surface area contributed by atoms with Gasteiger partial charge >= 0.3 is 5.69 Å². The van der Waals surface area contributed by atoms with E-state index in [2.05, 4.69) is 26.0 Å². The second-order valence-electron chi connectivity index (χ2n) is 7.16. The van der Waals surface area contributed by atoms with Gasteiger partial charge in [0, 0.05) is 22.5 Å². The van der Waals surface area contributed by atoms with E-state index in [1.54, 1.807) is 25.1 Å². The largest absolute Gasteiger partial charge is 0.490 e. The van der Waals surface area contributed by atoms with E-state index in [-0.39, 0.29) is 36.0 Å². The van der Waals surface area contributed by atoms with Gasteiger partial charge in [0.05, 0.1) is 28.6 Å². The molecule has 0 aliphatic carbocycles. The lowest BCUT2D eigenvalue weighted by atomic mass is 10.2. The standard InChI is InChI=1S/C23H22BrN5O5/c1-3-5-6-21-27-18-8-7-16(24)13-17(18)23(30)28(21)26-14-15-11-19(29(31)32)22(34-10-9-25)20(12-15)33-4-2/h7-8,11-14H,3-6,10H2,1-2H3. The number of nitriles is 1. The van der Waals surface area contributed by atoms with Crippen molar-refractivity contribution >= 4 is 38.7 Å². The fourth-order valence-electron chi connectivity index (χ4n) is 3.27. The number of hydrogen-bond donors (Lipinski definition) is 0. The highest BCUT2D eigenvalue weighted by Crippen LogP contribution is 2.38. The number of aryl methyl sites for hydroxylation is 1. The first-order valence-electron chi connectivity index (χ1n) is 10.6. The minimum Gasteiger partial charge on any atom is -0.490 e. The van der Waals surface area contributed by atoms with E-state index in [0.717, 1.165) is 17.3 Å². The molecule has 11 heteroatoms. The summed E-state index contributed by atoms with van der Waals surface area (Å²) < 4.78 is 12.7. The Morgan fingerprint density at radius 2 is 2.09 bits per heavy atom. The lowest BCUT2D eigenvalue weighted by Crippen LogP contribution is -2.22. The van der Waals surface area contributed by atoms with Gasteiger partial charge in [-0.2, -0.15) is 15.0 Å². The van der Waals surface area contributed by atoms with Crippen molar-refractivity contribution in [3.8, 4) is 17.6 Å². The average molecular weight is 528 g/mol. The highest BCUT2D eigenvalue weighted by atomic mass is 79.9. The highest BCUT2D eigenvalue weighted by Gasteiger charge is 2.22. The summed E-state index contributed by atoms with van der Waals surface area (Å²) in [5.74, 6) is 0.461. The molecule has 0 spiro atoms. The first-order chi connectivity index (χ1) is 16.4. The SMILES string of the molecule is CCCCc1nc2ccc(Br)cc2c(=O)n1N=Cc1cc(OCC)c(OCC#N)c([N+](=O)[O-])c1. The molecule has 3 rings (SSSR count). The molecule has 34 heavy (non-hydrogen) atoms. The van der Waals surface area contributed by atoms with Gasteiger partial charge in [0.25, 0.3) is 5.56 Å². The van der Waals surface area contributed by atoms with Gasteiger partial charge in [-0.05, 0) is 37.6 Å². The van der Waals surface area contributed by atoms with Gasteiger partial charge in [-0.1, -0.05) is 29.3 Å². The van der Waals surface area contributed by atoms with E-state index in [9.17, 15) is 14.9 Å². The maximum atomic E-state index is 13.2. The van der Waals surface area contributed by atoms with Crippen LogP contribution in [0.25, 0.3) is 10.9 Å². The van der Waals surface area contributed by atoms with Crippen LogP contribution < -0.4 is 15.0 Å². The maximum absolute atomic E-state index is 13.2. The molecule has 0 atom stereocenters. The molecule has 2 aromatic carbocycles. The summed E-state index contributed by atoms with van der Waals surface area (Å²) in [4.78, 5) is 28.8. The molecule has 0 aliphatic heterocycles. The number of fused-ring (bicyclic) bond motifs is 1. The van der Waals surface area contributed by atoms with Crippen molar-refractivity contribution in [3.63, 3.8) is 0 Å². The maximum Gasteiger partial charge on any atom is 0.315 e. The van der Waals surface area contributed by atoms with E-state index in [4.69, 9.17) is 14.7 Å². The Morgan fingerprint density at radius 1 is 1.29 bits per heavy atom. The summed E-state index contributed by atoms with van der Waals surface area (Å²) in [5.41, 5.74) is 0.171. The molecule has 0 unspecified atom stereocenters. The fraction of sp³-hybridized carbons (Fsp3) is 0.304. The summed E-state index contributed by atoms with van der Waals surface area (Å²) in [7, 11) is 0. The molecule has 0 N–H and O–H groups in total. The Hall–Kier alpha value is -3.78. The topological polar surface area (TPSA) is 133 Å². The molecule has 176 valence electrons. The first kappa shape index (κ1) is 24.9. The van der Waals surface area contributed by atoms with Gasteiger partial charge < -0.3 is 9.47 Å². The normalized spacial score (nSPS) is 11.0. The third-order valence-electron chi connectivity index (χ3n) is 4.79. The number of hydrogen-bond acceptors (Lipinski definition) is 8. The van der Waals surface area contributed by atoms with E-state index in [0.29, 0.717) is 28.7 Å². The van der Waals surface area contributed by atoms with E-state index in [1.165, 1.54) is 23.0 Å². The lowest BCUT2D eigenvalue weighted by Gasteiger charge is -2.12. The van der Waals surface area contributed by atoms with Crippen molar-refractivity contribution in [2.45, 2.75) is 33.1 Å². The molecule has 0 amide bonds. The molecule has 0 saturated heterocycles. The van der Waals surface area contributed by atoms with Crippen LogP contribution >= 0.6 is 15.9 Å². The lowest BCUT2D eigenvalue weighted by molar-refractivity contribution is -0.385. The third kappa shape index (κ3) is 5.58. The predicted molar refractivity (Wildman–Crippen MR) is 131 cm³/mol.